The van der Waals surface area contributed by atoms with Crippen LogP contribution in [0.15, 0.2) is 30.3 Å². The summed E-state index contributed by atoms with van der Waals surface area (Å²) in [7, 11) is 2.17. The predicted octanol–water partition coefficient (Wildman–Crippen LogP) is 1.45. The minimum atomic E-state index is 0.0636. The van der Waals surface area contributed by atoms with Gasteiger partial charge in [-0.1, -0.05) is 30.3 Å². The molecule has 2 saturated heterocycles. The molecule has 120 valence electrons. The Kier molecular flexibility index (Phi) is 5.11. The van der Waals surface area contributed by atoms with Crippen molar-refractivity contribution in [3.63, 3.8) is 0 Å². The lowest BCUT2D eigenvalue weighted by Gasteiger charge is -2.29. The fraction of sp³-hybridized carbons (Fsp3) is 0.611. The molecule has 2 N–H and O–H groups in total. The average Bonchev–Trinajstić information content (AvgIpc) is 3.04. The van der Waals surface area contributed by atoms with E-state index < -0.39 is 0 Å². The molecule has 2 aliphatic rings. The number of nitrogens with one attached hydrogen (secondary N) is 2. The van der Waals surface area contributed by atoms with Crippen LogP contribution in [-0.4, -0.2) is 50.6 Å². The van der Waals surface area contributed by atoms with Crippen LogP contribution >= 0.6 is 0 Å². The highest BCUT2D eigenvalue weighted by atomic mass is 16.1. The number of piperidine rings is 1. The third kappa shape index (κ3) is 3.68. The van der Waals surface area contributed by atoms with Crippen LogP contribution in [0.3, 0.4) is 0 Å². The normalized spacial score (nSPS) is 27.0. The number of likely N-dealkylation sites (tertiary alicyclic amines) is 1. The molecule has 3 rings (SSSR count). The van der Waals surface area contributed by atoms with E-state index in [-0.39, 0.29) is 11.8 Å². The maximum atomic E-state index is 12.6. The first-order chi connectivity index (χ1) is 10.7. The van der Waals surface area contributed by atoms with E-state index >= 15 is 0 Å². The SMILES string of the molecule is CN1CCC(CNC(=O)[C@H]2CNC[C@@H]2c2ccccc2)CC1. The maximum Gasteiger partial charge on any atom is 0.225 e. The average molecular weight is 301 g/mol. The summed E-state index contributed by atoms with van der Waals surface area (Å²) in [5.74, 6) is 1.23. The number of carbonyl (C=O) groups is 1. The van der Waals surface area contributed by atoms with Gasteiger partial charge in [0, 0.05) is 25.6 Å². The zero-order valence-corrected chi connectivity index (χ0v) is 13.4. The fourth-order valence-corrected chi connectivity index (χ4v) is 3.65. The Bertz CT molecular complexity index is 482. The fourth-order valence-electron chi connectivity index (χ4n) is 3.65. The lowest BCUT2D eigenvalue weighted by atomic mass is 9.88. The molecule has 1 aromatic carbocycles. The molecule has 0 aromatic heterocycles. The quantitative estimate of drug-likeness (QED) is 0.885. The Labute approximate surface area is 133 Å². The third-order valence-corrected chi connectivity index (χ3v) is 5.18. The van der Waals surface area contributed by atoms with Crippen LogP contribution < -0.4 is 10.6 Å². The van der Waals surface area contributed by atoms with E-state index in [0.29, 0.717) is 11.8 Å². The highest BCUT2D eigenvalue weighted by molar-refractivity contribution is 5.80. The van der Waals surface area contributed by atoms with E-state index in [1.54, 1.807) is 0 Å². The Morgan fingerprint density at radius 2 is 1.95 bits per heavy atom. The summed E-state index contributed by atoms with van der Waals surface area (Å²) in [5.41, 5.74) is 1.27. The second-order valence-corrected chi connectivity index (χ2v) is 6.77. The summed E-state index contributed by atoms with van der Waals surface area (Å²) in [5, 5.41) is 6.59. The van der Waals surface area contributed by atoms with Crippen LogP contribution in [0.25, 0.3) is 0 Å². The van der Waals surface area contributed by atoms with Crippen molar-refractivity contribution in [1.82, 2.24) is 15.5 Å². The monoisotopic (exact) mass is 301 g/mol. The lowest BCUT2D eigenvalue weighted by molar-refractivity contribution is -0.125. The molecule has 0 bridgehead atoms. The number of hydrogen-bond donors (Lipinski definition) is 2. The van der Waals surface area contributed by atoms with Gasteiger partial charge in [0.2, 0.25) is 5.91 Å². The van der Waals surface area contributed by atoms with Crippen LogP contribution in [0.5, 0.6) is 0 Å². The Hall–Kier alpha value is -1.39. The summed E-state index contributed by atoms with van der Waals surface area (Å²) in [6, 6.07) is 10.4. The zero-order valence-electron chi connectivity index (χ0n) is 13.4. The van der Waals surface area contributed by atoms with Crippen molar-refractivity contribution in [2.45, 2.75) is 18.8 Å². The molecular weight excluding hydrogens is 274 g/mol. The van der Waals surface area contributed by atoms with Crippen LogP contribution in [0.4, 0.5) is 0 Å². The number of amides is 1. The predicted molar refractivity (Wildman–Crippen MR) is 88.8 cm³/mol. The topological polar surface area (TPSA) is 44.4 Å². The van der Waals surface area contributed by atoms with Gasteiger partial charge in [0.05, 0.1) is 5.92 Å². The van der Waals surface area contributed by atoms with E-state index in [1.807, 2.05) is 6.07 Å². The molecule has 22 heavy (non-hydrogen) atoms. The van der Waals surface area contributed by atoms with Crippen molar-refractivity contribution < 1.29 is 4.79 Å². The number of rotatable bonds is 4. The zero-order chi connectivity index (χ0) is 15.4. The van der Waals surface area contributed by atoms with Gasteiger partial charge >= 0.3 is 0 Å². The molecule has 2 fully saturated rings. The van der Waals surface area contributed by atoms with Crippen molar-refractivity contribution >= 4 is 5.91 Å². The van der Waals surface area contributed by atoms with Gasteiger partial charge in [-0.25, -0.2) is 0 Å². The molecule has 1 aromatic rings. The molecule has 0 unspecified atom stereocenters. The lowest BCUT2D eigenvalue weighted by Crippen LogP contribution is -2.40. The van der Waals surface area contributed by atoms with Gasteiger partial charge in [-0.05, 0) is 44.5 Å². The first-order valence-corrected chi connectivity index (χ1v) is 8.46. The summed E-state index contributed by atoms with van der Waals surface area (Å²) < 4.78 is 0. The van der Waals surface area contributed by atoms with Crippen molar-refractivity contribution in [3.8, 4) is 0 Å². The highest BCUT2D eigenvalue weighted by Gasteiger charge is 2.34. The highest BCUT2D eigenvalue weighted by Crippen LogP contribution is 2.28. The molecular formula is C18H27N3O. The molecule has 2 atom stereocenters. The number of nitrogens with zero attached hydrogens (tertiary/aromatic N) is 1. The smallest absolute Gasteiger partial charge is 0.225 e. The van der Waals surface area contributed by atoms with Gasteiger partial charge in [-0.2, -0.15) is 0 Å². The third-order valence-electron chi connectivity index (χ3n) is 5.18. The van der Waals surface area contributed by atoms with E-state index in [2.05, 4.69) is 46.8 Å². The Morgan fingerprint density at radius 3 is 2.68 bits per heavy atom. The summed E-state index contributed by atoms with van der Waals surface area (Å²) >= 11 is 0. The van der Waals surface area contributed by atoms with Crippen molar-refractivity contribution in [3.05, 3.63) is 35.9 Å². The molecule has 4 heteroatoms. The second-order valence-electron chi connectivity index (χ2n) is 6.77. The summed E-state index contributed by atoms with van der Waals surface area (Å²) in [6.45, 7) is 4.83. The van der Waals surface area contributed by atoms with Crippen LogP contribution in [-0.2, 0) is 4.79 Å². The number of carbonyl (C=O) groups excluding carboxylic acids is 1. The van der Waals surface area contributed by atoms with Gasteiger partial charge < -0.3 is 15.5 Å². The minimum absolute atomic E-state index is 0.0636. The van der Waals surface area contributed by atoms with Gasteiger partial charge in [0.15, 0.2) is 0 Å². The van der Waals surface area contributed by atoms with E-state index in [9.17, 15) is 4.79 Å². The van der Waals surface area contributed by atoms with Crippen molar-refractivity contribution in [2.24, 2.45) is 11.8 Å². The number of hydrogen-bond acceptors (Lipinski definition) is 3. The van der Waals surface area contributed by atoms with Crippen molar-refractivity contribution in [2.75, 3.05) is 39.8 Å². The molecule has 0 aliphatic carbocycles. The molecule has 2 aliphatic heterocycles. The largest absolute Gasteiger partial charge is 0.356 e. The molecule has 2 heterocycles. The van der Waals surface area contributed by atoms with Gasteiger partial charge in [0.25, 0.3) is 0 Å². The molecule has 0 saturated carbocycles. The van der Waals surface area contributed by atoms with Gasteiger partial charge in [0.1, 0.15) is 0 Å². The van der Waals surface area contributed by atoms with E-state index in [1.165, 1.54) is 18.4 Å². The van der Waals surface area contributed by atoms with Gasteiger partial charge in [-0.3, -0.25) is 4.79 Å². The molecule has 4 nitrogen and oxygen atoms in total. The molecule has 0 radical (unpaired) electrons. The van der Waals surface area contributed by atoms with Gasteiger partial charge in [-0.15, -0.1) is 0 Å². The molecule has 1 amide bonds. The Balaban J connectivity index is 1.53. The van der Waals surface area contributed by atoms with Crippen LogP contribution in [0.1, 0.15) is 24.3 Å². The van der Waals surface area contributed by atoms with E-state index in [0.717, 1.165) is 32.7 Å². The van der Waals surface area contributed by atoms with Crippen LogP contribution in [0.2, 0.25) is 0 Å². The summed E-state index contributed by atoms with van der Waals surface area (Å²) in [6.07, 6.45) is 2.39. The van der Waals surface area contributed by atoms with E-state index in [4.69, 9.17) is 0 Å². The second kappa shape index (κ2) is 7.25. The molecule has 0 spiro atoms. The number of benzene rings is 1. The summed E-state index contributed by atoms with van der Waals surface area (Å²) in [4.78, 5) is 14.9. The first kappa shape index (κ1) is 15.5. The standard InChI is InChI=1S/C18H27N3O/c1-21-9-7-14(8-10-21)11-20-18(22)17-13-19-12-16(17)15-5-3-2-4-6-15/h2-6,14,16-17,19H,7-13H2,1H3,(H,20,22)/t16-,17+/m1/s1. The first-order valence-electron chi connectivity index (χ1n) is 8.46. The minimum Gasteiger partial charge on any atom is -0.356 e. The van der Waals surface area contributed by atoms with Crippen molar-refractivity contribution in [1.29, 1.82) is 0 Å². The van der Waals surface area contributed by atoms with Crippen LogP contribution in [0, 0.1) is 11.8 Å². The maximum absolute atomic E-state index is 12.6. The Morgan fingerprint density at radius 1 is 1.23 bits per heavy atom.